The standard InChI is InChI=1S/C11H7F6N3/c1-6-5-8(11(15,16)17)19-20(6)9-7(10(12,13)14)3-2-4-18-9/h2-5H,1H3. The van der Waals surface area contributed by atoms with Crippen LogP contribution in [-0.2, 0) is 12.4 Å². The van der Waals surface area contributed by atoms with Crippen LogP contribution < -0.4 is 0 Å². The van der Waals surface area contributed by atoms with Gasteiger partial charge in [-0.3, -0.25) is 0 Å². The van der Waals surface area contributed by atoms with Gasteiger partial charge in [0.25, 0.3) is 0 Å². The van der Waals surface area contributed by atoms with Crippen LogP contribution in [0.3, 0.4) is 0 Å². The Bertz CT molecular complexity index is 626. The summed E-state index contributed by atoms with van der Waals surface area (Å²) in [7, 11) is 0. The summed E-state index contributed by atoms with van der Waals surface area (Å²) >= 11 is 0. The molecule has 0 fully saturated rings. The first-order valence-electron chi connectivity index (χ1n) is 5.27. The molecule has 0 spiro atoms. The maximum absolute atomic E-state index is 12.8. The van der Waals surface area contributed by atoms with E-state index in [1.807, 2.05) is 0 Å². The highest BCUT2D eigenvalue weighted by molar-refractivity contribution is 5.37. The van der Waals surface area contributed by atoms with Crippen molar-refractivity contribution in [2.24, 2.45) is 0 Å². The molecular formula is C11H7F6N3. The summed E-state index contributed by atoms with van der Waals surface area (Å²) in [5.74, 6) is -0.687. The minimum absolute atomic E-state index is 0.0958. The summed E-state index contributed by atoms with van der Waals surface area (Å²) in [6.07, 6.45) is -8.41. The van der Waals surface area contributed by atoms with E-state index in [1.54, 1.807) is 0 Å². The number of halogens is 6. The average molecular weight is 295 g/mol. The first kappa shape index (κ1) is 14.4. The van der Waals surface area contributed by atoms with Crippen LogP contribution in [0.5, 0.6) is 0 Å². The molecule has 20 heavy (non-hydrogen) atoms. The topological polar surface area (TPSA) is 30.7 Å². The van der Waals surface area contributed by atoms with E-state index < -0.39 is 29.4 Å². The molecule has 0 N–H and O–H groups in total. The van der Waals surface area contributed by atoms with Crippen molar-refractivity contribution < 1.29 is 26.3 Å². The van der Waals surface area contributed by atoms with Crippen molar-refractivity contribution in [3.8, 4) is 5.82 Å². The second-order valence-electron chi connectivity index (χ2n) is 3.95. The Labute approximate surface area is 108 Å². The van der Waals surface area contributed by atoms with Gasteiger partial charge in [-0.05, 0) is 25.1 Å². The fourth-order valence-corrected chi connectivity index (χ4v) is 1.61. The van der Waals surface area contributed by atoms with E-state index in [9.17, 15) is 26.3 Å². The Morgan fingerprint density at radius 3 is 2.20 bits per heavy atom. The van der Waals surface area contributed by atoms with Gasteiger partial charge in [0.1, 0.15) is 5.56 Å². The minimum atomic E-state index is -4.74. The van der Waals surface area contributed by atoms with Gasteiger partial charge >= 0.3 is 12.4 Å². The number of hydrogen-bond donors (Lipinski definition) is 0. The Hall–Kier alpha value is -2.06. The largest absolute Gasteiger partial charge is 0.435 e. The van der Waals surface area contributed by atoms with Crippen LogP contribution in [0, 0.1) is 6.92 Å². The van der Waals surface area contributed by atoms with Gasteiger partial charge in [0.15, 0.2) is 11.5 Å². The SMILES string of the molecule is Cc1cc(C(F)(F)F)nn1-c1ncccc1C(F)(F)F. The van der Waals surface area contributed by atoms with Crippen molar-refractivity contribution in [3.63, 3.8) is 0 Å². The van der Waals surface area contributed by atoms with E-state index in [1.165, 1.54) is 6.92 Å². The van der Waals surface area contributed by atoms with Crippen LogP contribution in [0.15, 0.2) is 24.4 Å². The van der Waals surface area contributed by atoms with Crippen molar-refractivity contribution in [2.75, 3.05) is 0 Å². The lowest BCUT2D eigenvalue weighted by atomic mass is 10.2. The molecule has 0 unspecified atom stereocenters. The van der Waals surface area contributed by atoms with Gasteiger partial charge in [-0.1, -0.05) is 0 Å². The number of nitrogens with zero attached hydrogens (tertiary/aromatic N) is 3. The van der Waals surface area contributed by atoms with E-state index in [0.717, 1.165) is 18.3 Å². The second kappa shape index (κ2) is 4.50. The molecule has 0 aliphatic carbocycles. The third kappa shape index (κ3) is 2.61. The van der Waals surface area contributed by atoms with Gasteiger partial charge < -0.3 is 0 Å². The van der Waals surface area contributed by atoms with E-state index in [-0.39, 0.29) is 5.69 Å². The average Bonchev–Trinajstić information content (AvgIpc) is 2.70. The number of rotatable bonds is 1. The summed E-state index contributed by atoms with van der Waals surface area (Å²) in [5, 5.41) is 3.15. The first-order valence-corrected chi connectivity index (χ1v) is 5.27. The molecule has 3 nitrogen and oxygen atoms in total. The molecule has 0 bridgehead atoms. The quantitative estimate of drug-likeness (QED) is 0.752. The van der Waals surface area contributed by atoms with Crippen LogP contribution >= 0.6 is 0 Å². The first-order chi connectivity index (χ1) is 9.10. The van der Waals surface area contributed by atoms with Gasteiger partial charge in [-0.25, -0.2) is 9.67 Å². The van der Waals surface area contributed by atoms with Crippen molar-refractivity contribution in [3.05, 3.63) is 41.3 Å². The number of hydrogen-bond acceptors (Lipinski definition) is 2. The molecule has 0 saturated heterocycles. The predicted molar refractivity (Wildman–Crippen MR) is 56.1 cm³/mol. The van der Waals surface area contributed by atoms with Crippen molar-refractivity contribution in [1.29, 1.82) is 0 Å². The number of alkyl halides is 6. The van der Waals surface area contributed by atoms with Crippen LogP contribution in [0.25, 0.3) is 5.82 Å². The molecule has 2 aromatic heterocycles. The van der Waals surface area contributed by atoms with E-state index >= 15 is 0 Å². The summed E-state index contributed by atoms with van der Waals surface area (Å²) in [5.41, 5.74) is -2.52. The Morgan fingerprint density at radius 1 is 1.05 bits per heavy atom. The molecule has 2 rings (SSSR count). The fraction of sp³-hybridized carbons (Fsp3) is 0.273. The third-order valence-electron chi connectivity index (χ3n) is 2.47. The van der Waals surface area contributed by atoms with E-state index in [2.05, 4.69) is 10.1 Å². The predicted octanol–water partition coefficient (Wildman–Crippen LogP) is 3.61. The minimum Gasteiger partial charge on any atom is -0.237 e. The van der Waals surface area contributed by atoms with Crippen LogP contribution in [0.2, 0.25) is 0 Å². The molecule has 2 heterocycles. The Balaban J connectivity index is 2.62. The molecule has 0 atom stereocenters. The second-order valence-corrected chi connectivity index (χ2v) is 3.95. The summed E-state index contributed by atoms with van der Waals surface area (Å²) in [6, 6.07) is 2.45. The highest BCUT2D eigenvalue weighted by atomic mass is 19.4. The molecule has 2 aromatic rings. The molecule has 108 valence electrons. The third-order valence-corrected chi connectivity index (χ3v) is 2.47. The van der Waals surface area contributed by atoms with E-state index in [4.69, 9.17) is 0 Å². The molecule has 0 aromatic carbocycles. The van der Waals surface area contributed by atoms with Crippen LogP contribution in [0.4, 0.5) is 26.3 Å². The molecule has 9 heteroatoms. The smallest absolute Gasteiger partial charge is 0.237 e. The van der Waals surface area contributed by atoms with Gasteiger partial charge in [-0.2, -0.15) is 31.4 Å². The van der Waals surface area contributed by atoms with Crippen molar-refractivity contribution in [1.82, 2.24) is 14.8 Å². The number of pyridine rings is 1. The van der Waals surface area contributed by atoms with Crippen molar-refractivity contribution >= 4 is 0 Å². The van der Waals surface area contributed by atoms with Gasteiger partial charge in [0, 0.05) is 11.9 Å². The van der Waals surface area contributed by atoms with E-state index in [0.29, 0.717) is 10.7 Å². The number of aromatic nitrogens is 3. The zero-order chi connectivity index (χ0) is 15.1. The lowest BCUT2D eigenvalue weighted by molar-refractivity contribution is -0.141. The van der Waals surface area contributed by atoms with Gasteiger partial charge in [0.05, 0.1) is 0 Å². The maximum Gasteiger partial charge on any atom is 0.435 e. The van der Waals surface area contributed by atoms with Gasteiger partial charge in [-0.15, -0.1) is 0 Å². The molecular weight excluding hydrogens is 288 g/mol. The molecule has 0 amide bonds. The van der Waals surface area contributed by atoms with Crippen LogP contribution in [-0.4, -0.2) is 14.8 Å². The highest BCUT2D eigenvalue weighted by Gasteiger charge is 2.38. The monoisotopic (exact) mass is 295 g/mol. The Morgan fingerprint density at radius 2 is 1.70 bits per heavy atom. The molecule has 0 aliphatic rings. The summed E-state index contributed by atoms with van der Waals surface area (Å²) in [6.45, 7) is 1.22. The fourth-order valence-electron chi connectivity index (χ4n) is 1.61. The molecule has 0 aliphatic heterocycles. The summed E-state index contributed by atoms with van der Waals surface area (Å²) in [4.78, 5) is 3.48. The normalized spacial score (nSPS) is 12.8. The maximum atomic E-state index is 12.8. The number of aryl methyl sites for hydroxylation is 1. The van der Waals surface area contributed by atoms with Crippen LogP contribution in [0.1, 0.15) is 17.0 Å². The Kier molecular flexibility index (Phi) is 3.23. The van der Waals surface area contributed by atoms with Crippen molar-refractivity contribution in [2.45, 2.75) is 19.3 Å². The highest BCUT2D eigenvalue weighted by Crippen LogP contribution is 2.34. The van der Waals surface area contributed by atoms with Gasteiger partial charge in [0.2, 0.25) is 0 Å². The zero-order valence-corrected chi connectivity index (χ0v) is 9.92. The lowest BCUT2D eigenvalue weighted by Crippen LogP contribution is -2.14. The zero-order valence-electron chi connectivity index (χ0n) is 9.92. The summed E-state index contributed by atoms with van der Waals surface area (Å²) < 4.78 is 76.5. The molecule has 0 radical (unpaired) electrons. The molecule has 0 saturated carbocycles. The lowest BCUT2D eigenvalue weighted by Gasteiger charge is -2.12.